The van der Waals surface area contributed by atoms with E-state index in [4.69, 9.17) is 16.2 Å². The average molecular weight is 335 g/mol. The summed E-state index contributed by atoms with van der Waals surface area (Å²) in [5, 5.41) is 12.6. The number of anilines is 2. The first-order valence-corrected chi connectivity index (χ1v) is 7.63. The number of amides is 1. The van der Waals surface area contributed by atoms with Crippen LogP contribution in [0.1, 0.15) is 12.5 Å². The average Bonchev–Trinajstić information content (AvgIpc) is 2.91. The molecule has 1 unspecified atom stereocenters. The molecule has 1 atom stereocenters. The highest BCUT2D eigenvalue weighted by molar-refractivity contribution is 5.94. The molecular formula is C18H17N5O2. The van der Waals surface area contributed by atoms with Gasteiger partial charge in [-0.15, -0.1) is 0 Å². The number of nitriles is 1. The second kappa shape index (κ2) is 6.55. The third-order valence-corrected chi connectivity index (χ3v) is 3.68. The Labute approximate surface area is 144 Å². The van der Waals surface area contributed by atoms with Crippen LogP contribution in [0.15, 0.2) is 42.5 Å². The molecule has 0 aliphatic heterocycles. The normalized spacial score (nSPS) is 11.7. The van der Waals surface area contributed by atoms with E-state index in [9.17, 15) is 10.1 Å². The summed E-state index contributed by atoms with van der Waals surface area (Å²) in [6, 6.07) is 13.8. The summed E-state index contributed by atoms with van der Waals surface area (Å²) in [6.07, 6.45) is 0. The van der Waals surface area contributed by atoms with Gasteiger partial charge in [0.2, 0.25) is 5.91 Å². The number of benzene rings is 2. The number of nitrogens with two attached hydrogens (primary N) is 2. The van der Waals surface area contributed by atoms with Crippen LogP contribution in [-0.4, -0.2) is 16.9 Å². The van der Waals surface area contributed by atoms with E-state index in [1.165, 1.54) is 0 Å². The van der Waals surface area contributed by atoms with Crippen LogP contribution >= 0.6 is 0 Å². The molecule has 7 heteroatoms. The van der Waals surface area contributed by atoms with Gasteiger partial charge in [0.1, 0.15) is 28.9 Å². The van der Waals surface area contributed by atoms with E-state index in [0.29, 0.717) is 34.0 Å². The van der Waals surface area contributed by atoms with Gasteiger partial charge in [-0.3, -0.25) is 4.79 Å². The smallest absolute Gasteiger partial charge is 0.240 e. The summed E-state index contributed by atoms with van der Waals surface area (Å²) >= 11 is 0. The summed E-state index contributed by atoms with van der Waals surface area (Å²) < 4.78 is 5.80. The predicted molar refractivity (Wildman–Crippen MR) is 96.2 cm³/mol. The lowest BCUT2D eigenvalue weighted by Gasteiger charge is -2.09. The molecular weight excluding hydrogens is 318 g/mol. The number of fused-ring (bicyclic) bond motifs is 1. The van der Waals surface area contributed by atoms with Gasteiger partial charge < -0.3 is 26.5 Å². The van der Waals surface area contributed by atoms with Gasteiger partial charge >= 0.3 is 0 Å². The zero-order valence-electron chi connectivity index (χ0n) is 13.5. The van der Waals surface area contributed by atoms with Crippen LogP contribution in [0.4, 0.5) is 11.5 Å². The Morgan fingerprint density at radius 2 is 1.92 bits per heavy atom. The predicted octanol–water partition coefficient (Wildman–Crippen LogP) is 2.70. The molecule has 0 saturated carbocycles. The number of H-pyrrole nitrogens is 1. The number of nitrogen functional groups attached to an aromatic ring is 1. The topological polar surface area (TPSA) is 130 Å². The molecule has 25 heavy (non-hydrogen) atoms. The van der Waals surface area contributed by atoms with Gasteiger partial charge in [-0.05, 0) is 49.4 Å². The molecule has 3 rings (SSSR count). The molecule has 0 aliphatic carbocycles. The zero-order chi connectivity index (χ0) is 18.0. The Hall–Kier alpha value is -3.50. The minimum atomic E-state index is -0.578. The lowest BCUT2D eigenvalue weighted by molar-refractivity contribution is -0.117. The zero-order valence-corrected chi connectivity index (χ0v) is 13.5. The summed E-state index contributed by atoms with van der Waals surface area (Å²) in [5.41, 5.74) is 13.1. The minimum absolute atomic E-state index is 0.256. The van der Waals surface area contributed by atoms with Crippen LogP contribution in [0.3, 0.4) is 0 Å². The maximum Gasteiger partial charge on any atom is 0.240 e. The first-order valence-electron chi connectivity index (χ1n) is 7.63. The molecule has 0 radical (unpaired) electrons. The molecule has 7 nitrogen and oxygen atoms in total. The van der Waals surface area contributed by atoms with Crippen LogP contribution in [0, 0.1) is 11.3 Å². The third-order valence-electron chi connectivity index (χ3n) is 3.68. The Morgan fingerprint density at radius 1 is 1.24 bits per heavy atom. The van der Waals surface area contributed by atoms with E-state index in [1.807, 2.05) is 0 Å². The second-order valence-electron chi connectivity index (χ2n) is 5.64. The third kappa shape index (κ3) is 3.39. The number of carbonyl (C=O) groups excluding carboxylic acids is 1. The summed E-state index contributed by atoms with van der Waals surface area (Å²) in [7, 11) is 0. The monoisotopic (exact) mass is 335 g/mol. The number of carbonyl (C=O) groups is 1. The Bertz CT molecular complexity index is 968. The number of nitrogens with zero attached hydrogens (tertiary/aromatic N) is 1. The van der Waals surface area contributed by atoms with Crippen molar-refractivity contribution < 1.29 is 9.53 Å². The molecule has 1 amide bonds. The Balaban J connectivity index is 1.79. The van der Waals surface area contributed by atoms with E-state index in [2.05, 4.69) is 16.4 Å². The quantitative estimate of drug-likeness (QED) is 0.582. The standard InChI is InChI=1S/C18H17N5O2/c1-10(20)18(24)22-11-2-4-12(5-3-11)25-13-6-7-16-14(8-13)15(9-19)17(21)23-16/h2-8,10,23H,20-21H2,1H3,(H,22,24). The van der Waals surface area contributed by atoms with Crippen molar-refractivity contribution in [1.29, 1.82) is 5.26 Å². The lowest BCUT2D eigenvalue weighted by Crippen LogP contribution is -2.32. The van der Waals surface area contributed by atoms with Crippen LogP contribution in [0.2, 0.25) is 0 Å². The molecule has 1 aromatic heterocycles. The highest BCUT2D eigenvalue weighted by Gasteiger charge is 2.10. The SMILES string of the molecule is CC(N)C(=O)Nc1ccc(Oc2ccc3[nH]c(N)c(C#N)c3c2)cc1. The molecule has 126 valence electrons. The van der Waals surface area contributed by atoms with E-state index < -0.39 is 6.04 Å². The molecule has 0 aliphatic rings. The highest BCUT2D eigenvalue weighted by atomic mass is 16.5. The van der Waals surface area contributed by atoms with E-state index in [-0.39, 0.29) is 5.91 Å². The molecule has 0 fully saturated rings. The van der Waals surface area contributed by atoms with Crippen molar-refractivity contribution in [2.24, 2.45) is 5.73 Å². The molecule has 1 heterocycles. The molecule has 0 bridgehead atoms. The lowest BCUT2D eigenvalue weighted by atomic mass is 10.1. The van der Waals surface area contributed by atoms with Gasteiger partial charge in [-0.2, -0.15) is 5.26 Å². The number of ether oxygens (including phenoxy) is 1. The molecule has 0 spiro atoms. The first-order chi connectivity index (χ1) is 12.0. The number of aromatic amines is 1. The fourth-order valence-electron chi connectivity index (χ4n) is 2.37. The van der Waals surface area contributed by atoms with Gasteiger partial charge in [0, 0.05) is 16.6 Å². The Kier molecular flexibility index (Phi) is 4.29. The van der Waals surface area contributed by atoms with Gasteiger partial charge in [-0.25, -0.2) is 0 Å². The van der Waals surface area contributed by atoms with Crippen molar-refractivity contribution in [3.63, 3.8) is 0 Å². The summed E-state index contributed by atoms with van der Waals surface area (Å²) in [6.45, 7) is 1.62. The van der Waals surface area contributed by atoms with Crippen molar-refractivity contribution in [3.8, 4) is 17.6 Å². The fourth-order valence-corrected chi connectivity index (χ4v) is 2.37. The van der Waals surface area contributed by atoms with Crippen LogP contribution < -0.4 is 21.5 Å². The van der Waals surface area contributed by atoms with Crippen molar-refractivity contribution in [2.45, 2.75) is 13.0 Å². The Morgan fingerprint density at radius 3 is 2.56 bits per heavy atom. The van der Waals surface area contributed by atoms with Gasteiger partial charge in [0.25, 0.3) is 0 Å². The molecule has 2 aromatic carbocycles. The van der Waals surface area contributed by atoms with Crippen LogP contribution in [0.5, 0.6) is 11.5 Å². The number of hydrogen-bond donors (Lipinski definition) is 4. The molecule has 3 aromatic rings. The highest BCUT2D eigenvalue weighted by Crippen LogP contribution is 2.30. The van der Waals surface area contributed by atoms with Gasteiger partial charge in [0.05, 0.1) is 6.04 Å². The van der Waals surface area contributed by atoms with E-state index in [1.54, 1.807) is 49.4 Å². The van der Waals surface area contributed by atoms with Crippen LogP contribution in [-0.2, 0) is 4.79 Å². The largest absolute Gasteiger partial charge is 0.457 e. The first kappa shape index (κ1) is 16.4. The van der Waals surface area contributed by atoms with Crippen molar-refractivity contribution in [2.75, 3.05) is 11.1 Å². The fraction of sp³-hybridized carbons (Fsp3) is 0.111. The van der Waals surface area contributed by atoms with E-state index >= 15 is 0 Å². The van der Waals surface area contributed by atoms with E-state index in [0.717, 1.165) is 5.52 Å². The minimum Gasteiger partial charge on any atom is -0.457 e. The van der Waals surface area contributed by atoms with Crippen LogP contribution in [0.25, 0.3) is 10.9 Å². The number of nitrogens with one attached hydrogen (secondary N) is 2. The maximum atomic E-state index is 11.6. The summed E-state index contributed by atoms with van der Waals surface area (Å²) in [5.74, 6) is 1.26. The maximum absolute atomic E-state index is 11.6. The van der Waals surface area contributed by atoms with Gasteiger partial charge in [0.15, 0.2) is 0 Å². The number of rotatable bonds is 4. The molecule has 6 N–H and O–H groups in total. The van der Waals surface area contributed by atoms with Crippen molar-refractivity contribution in [3.05, 3.63) is 48.0 Å². The number of hydrogen-bond acceptors (Lipinski definition) is 5. The van der Waals surface area contributed by atoms with Crippen molar-refractivity contribution >= 4 is 28.3 Å². The number of aromatic nitrogens is 1. The second-order valence-corrected chi connectivity index (χ2v) is 5.64. The molecule has 0 saturated heterocycles. The van der Waals surface area contributed by atoms with Gasteiger partial charge in [-0.1, -0.05) is 0 Å². The van der Waals surface area contributed by atoms with Crippen molar-refractivity contribution in [1.82, 2.24) is 4.98 Å². The summed E-state index contributed by atoms with van der Waals surface area (Å²) in [4.78, 5) is 14.5.